The van der Waals surface area contributed by atoms with Crippen molar-refractivity contribution in [3.05, 3.63) is 118 Å². The van der Waals surface area contributed by atoms with Crippen molar-refractivity contribution in [1.82, 2.24) is 9.80 Å². The highest BCUT2D eigenvalue weighted by atomic mass is 16.2. The Morgan fingerprint density at radius 3 is 1.27 bits per heavy atom. The van der Waals surface area contributed by atoms with Crippen molar-refractivity contribution in [3.8, 4) is 23.7 Å². The van der Waals surface area contributed by atoms with E-state index in [1.165, 1.54) is 9.80 Å². The van der Waals surface area contributed by atoms with Crippen molar-refractivity contribution < 1.29 is 19.2 Å². The van der Waals surface area contributed by atoms with E-state index >= 15 is 0 Å². The number of benzene rings is 5. The third-order valence-corrected chi connectivity index (χ3v) is 10.7. The molecule has 6 nitrogen and oxygen atoms in total. The van der Waals surface area contributed by atoms with Crippen molar-refractivity contribution in [2.45, 2.75) is 39.5 Å². The van der Waals surface area contributed by atoms with Gasteiger partial charge in [0.05, 0.1) is 11.8 Å². The van der Waals surface area contributed by atoms with Gasteiger partial charge in [0.15, 0.2) is 0 Å². The fourth-order valence-corrected chi connectivity index (χ4v) is 8.18. The minimum absolute atomic E-state index is 0.0798. The van der Waals surface area contributed by atoms with Crippen molar-refractivity contribution >= 4 is 66.7 Å². The Morgan fingerprint density at radius 1 is 0.500 bits per heavy atom. The number of fused-ring (bicyclic) bond motifs is 2. The molecule has 0 atom stereocenters. The number of unbranched alkanes of at least 4 members (excludes halogenated alkanes) is 2. The number of allylic oxidation sites excluding steroid dienone is 8. The molecule has 4 aliphatic rings. The van der Waals surface area contributed by atoms with Gasteiger partial charge in [0.25, 0.3) is 23.6 Å². The molecule has 52 heavy (non-hydrogen) atoms. The van der Waals surface area contributed by atoms with Crippen LogP contribution >= 0.6 is 0 Å². The van der Waals surface area contributed by atoms with Crippen LogP contribution in [0, 0.1) is 35.5 Å². The molecule has 2 aliphatic carbocycles. The van der Waals surface area contributed by atoms with Crippen molar-refractivity contribution in [2.75, 3.05) is 13.1 Å². The summed E-state index contributed by atoms with van der Waals surface area (Å²) in [5.41, 5.74) is 3.18. The molecule has 0 unspecified atom stereocenters. The van der Waals surface area contributed by atoms with Gasteiger partial charge in [0.2, 0.25) is 0 Å². The van der Waals surface area contributed by atoms with Crippen LogP contribution in [0.4, 0.5) is 0 Å². The molecule has 0 aromatic heterocycles. The highest BCUT2D eigenvalue weighted by Gasteiger charge is 2.38. The van der Waals surface area contributed by atoms with E-state index < -0.39 is 0 Å². The molecule has 5 aromatic rings. The first kappa shape index (κ1) is 31.7. The first-order chi connectivity index (χ1) is 25.4. The minimum Gasteiger partial charge on any atom is -0.274 e. The SMILES string of the molecule is CCCCN1C(=O)c2ccc3c4c(C#CC5C=CC=C5)cc5c6c(ccc(c7c(C#CC8C=CC=C8)cc(c2c37)C1=O)c64)C(=O)N(CCCC)C5=O. The second-order valence-corrected chi connectivity index (χ2v) is 13.9. The lowest BCUT2D eigenvalue weighted by Crippen LogP contribution is -2.41. The predicted molar refractivity (Wildman–Crippen MR) is 205 cm³/mol. The first-order valence-corrected chi connectivity index (χ1v) is 18.1. The Kier molecular flexibility index (Phi) is 7.45. The zero-order valence-electron chi connectivity index (χ0n) is 29.0. The summed E-state index contributed by atoms with van der Waals surface area (Å²) in [6.07, 6.45) is 19.1. The van der Waals surface area contributed by atoms with E-state index in [0.717, 1.165) is 45.2 Å². The van der Waals surface area contributed by atoms with Crippen molar-refractivity contribution in [1.29, 1.82) is 0 Å². The summed E-state index contributed by atoms with van der Waals surface area (Å²) in [5.74, 6) is 12.2. The van der Waals surface area contributed by atoms with Crippen LogP contribution in [0.15, 0.2) is 85.0 Å². The maximum Gasteiger partial charge on any atom is 0.261 e. The van der Waals surface area contributed by atoms with Gasteiger partial charge in [-0.2, -0.15) is 0 Å². The highest BCUT2D eigenvalue weighted by Crippen LogP contribution is 2.48. The Bertz CT molecular complexity index is 2510. The van der Waals surface area contributed by atoms with Crippen LogP contribution < -0.4 is 0 Å². The molecule has 9 rings (SSSR count). The molecule has 2 heterocycles. The summed E-state index contributed by atoms with van der Waals surface area (Å²) in [5, 5.41) is 5.94. The smallest absolute Gasteiger partial charge is 0.261 e. The van der Waals surface area contributed by atoms with Gasteiger partial charge in [-0.15, -0.1) is 0 Å². The minimum atomic E-state index is -0.322. The van der Waals surface area contributed by atoms with Crippen LogP contribution in [-0.4, -0.2) is 46.5 Å². The van der Waals surface area contributed by atoms with Crippen LogP contribution in [0.25, 0.3) is 43.1 Å². The van der Waals surface area contributed by atoms with Gasteiger partial charge in [0, 0.05) is 78.8 Å². The number of imide groups is 2. The molecule has 2 aliphatic heterocycles. The summed E-state index contributed by atoms with van der Waals surface area (Å²) < 4.78 is 0. The van der Waals surface area contributed by atoms with Crippen molar-refractivity contribution in [2.24, 2.45) is 11.8 Å². The summed E-state index contributed by atoms with van der Waals surface area (Å²) >= 11 is 0. The van der Waals surface area contributed by atoms with E-state index in [1.807, 2.05) is 98.9 Å². The average Bonchev–Trinajstić information content (AvgIpc) is 3.89. The summed E-state index contributed by atoms with van der Waals surface area (Å²) in [4.78, 5) is 59.3. The lowest BCUT2D eigenvalue weighted by molar-refractivity contribution is 0.0593. The summed E-state index contributed by atoms with van der Waals surface area (Å²) in [6, 6.07) is 11.2. The molecule has 252 valence electrons. The normalized spacial score (nSPS) is 16.4. The van der Waals surface area contributed by atoms with Crippen LogP contribution in [-0.2, 0) is 0 Å². The fraction of sp³-hybridized carbons (Fsp3) is 0.217. The van der Waals surface area contributed by atoms with E-state index in [1.54, 1.807) is 0 Å². The number of carbonyl (C=O) groups is 4. The van der Waals surface area contributed by atoms with E-state index in [2.05, 4.69) is 23.7 Å². The Labute approximate surface area is 301 Å². The highest BCUT2D eigenvalue weighted by molar-refractivity contribution is 6.42. The van der Waals surface area contributed by atoms with Crippen molar-refractivity contribution in [3.63, 3.8) is 0 Å². The third-order valence-electron chi connectivity index (χ3n) is 10.7. The topological polar surface area (TPSA) is 74.8 Å². The van der Waals surface area contributed by atoms with Crippen LogP contribution in [0.1, 0.15) is 92.1 Å². The van der Waals surface area contributed by atoms with Gasteiger partial charge in [-0.05, 0) is 47.9 Å². The monoisotopic (exact) mass is 678 g/mol. The molecule has 5 aromatic carbocycles. The van der Waals surface area contributed by atoms with E-state index in [4.69, 9.17) is 0 Å². The van der Waals surface area contributed by atoms with Gasteiger partial charge in [-0.3, -0.25) is 29.0 Å². The van der Waals surface area contributed by atoms with Gasteiger partial charge in [0.1, 0.15) is 0 Å². The molecule has 0 saturated carbocycles. The molecule has 6 heteroatoms. The second kappa shape index (κ2) is 12.2. The summed E-state index contributed by atoms with van der Waals surface area (Å²) in [6.45, 7) is 4.75. The van der Waals surface area contributed by atoms with Gasteiger partial charge in [-0.1, -0.05) is 111 Å². The van der Waals surface area contributed by atoms with Gasteiger partial charge >= 0.3 is 0 Å². The number of nitrogens with zero attached hydrogens (tertiary/aromatic N) is 2. The van der Waals surface area contributed by atoms with E-state index in [0.29, 0.717) is 70.1 Å². The molecule has 0 spiro atoms. The van der Waals surface area contributed by atoms with Crippen LogP contribution in [0.5, 0.6) is 0 Å². The number of hydrogen-bond donors (Lipinski definition) is 0. The summed E-state index contributed by atoms with van der Waals surface area (Å²) in [7, 11) is 0. The first-order valence-electron chi connectivity index (χ1n) is 18.1. The lowest BCUT2D eigenvalue weighted by Gasteiger charge is -2.31. The van der Waals surface area contributed by atoms with Crippen LogP contribution in [0.2, 0.25) is 0 Å². The lowest BCUT2D eigenvalue weighted by atomic mass is 9.79. The molecular weight excluding hydrogens is 645 g/mol. The van der Waals surface area contributed by atoms with E-state index in [-0.39, 0.29) is 35.5 Å². The molecule has 0 fully saturated rings. The number of rotatable bonds is 6. The van der Waals surface area contributed by atoms with E-state index in [9.17, 15) is 19.2 Å². The Balaban J connectivity index is 1.45. The zero-order valence-corrected chi connectivity index (χ0v) is 29.0. The number of amides is 4. The maximum atomic E-state index is 14.2. The molecule has 4 amide bonds. The number of hydrogen-bond acceptors (Lipinski definition) is 4. The predicted octanol–water partition coefficient (Wildman–Crippen LogP) is 8.72. The third kappa shape index (κ3) is 4.61. The second-order valence-electron chi connectivity index (χ2n) is 13.9. The van der Waals surface area contributed by atoms with Gasteiger partial charge in [-0.25, -0.2) is 0 Å². The quantitative estimate of drug-likeness (QED) is 0.0780. The Morgan fingerprint density at radius 2 is 0.885 bits per heavy atom. The molecular formula is C46H34N2O4. The fourth-order valence-electron chi connectivity index (χ4n) is 8.18. The molecule has 0 bridgehead atoms. The zero-order chi connectivity index (χ0) is 35.7. The van der Waals surface area contributed by atoms with Gasteiger partial charge < -0.3 is 0 Å². The Hall–Kier alpha value is -6.24. The largest absolute Gasteiger partial charge is 0.274 e. The molecule has 0 radical (unpaired) electrons. The molecule has 0 saturated heterocycles. The molecule has 0 N–H and O–H groups in total. The standard InChI is InChI=1S/C46H34N2O4/c1-3-5-23-47-43(49)33-21-19-31-38-30(18-16-28-13-9-10-14-28)26-36-40-34(44(50)48(46(36)52)24-6-4-2)22-20-32(42(38)40)37-29(17-15-27-11-7-8-12-27)25-35(45(47)51)39(33)41(31)37/h7-14,19-22,25-28H,3-6,23-24H2,1-2H3. The van der Waals surface area contributed by atoms with Crippen LogP contribution in [0.3, 0.4) is 0 Å². The maximum absolute atomic E-state index is 14.2. The number of carbonyl (C=O) groups excluding carboxylic acids is 4. The average molecular weight is 679 g/mol.